The Bertz CT molecular complexity index is 225. The van der Waals surface area contributed by atoms with E-state index in [9.17, 15) is 0 Å². The molecule has 1 rings (SSSR count). The van der Waals surface area contributed by atoms with Crippen molar-refractivity contribution in [2.75, 3.05) is 7.11 Å². The van der Waals surface area contributed by atoms with E-state index in [-0.39, 0.29) is 0 Å². The molecule has 1 heterocycles. The zero-order chi connectivity index (χ0) is 8.27. The molecule has 0 bridgehead atoms. The number of ether oxygens (including phenoxy) is 1. The second-order valence-corrected chi connectivity index (χ2v) is 2.88. The lowest BCUT2D eigenvalue weighted by atomic mass is 10.5. The molecule has 1 aromatic rings. The Balaban J connectivity index is 2.83. The Morgan fingerprint density at radius 3 is 2.45 bits per heavy atom. The smallest absolute Gasteiger partial charge is 0.231 e. The highest BCUT2D eigenvalue weighted by Gasteiger charge is 2.04. The number of methoxy groups -OCH3 is 1. The van der Waals surface area contributed by atoms with E-state index in [0.717, 1.165) is 0 Å². The Morgan fingerprint density at radius 2 is 2.09 bits per heavy atom. The van der Waals surface area contributed by atoms with Crippen LogP contribution in [-0.2, 0) is 0 Å². The second-order valence-electron chi connectivity index (χ2n) is 1.78. The summed E-state index contributed by atoms with van der Waals surface area (Å²) in [4.78, 5) is 7.13. The highest BCUT2D eigenvalue weighted by atomic mass is 35.5. The van der Waals surface area contributed by atoms with Gasteiger partial charge in [-0.15, -0.1) is 0 Å². The van der Waals surface area contributed by atoms with Crippen molar-refractivity contribution in [2.24, 2.45) is 0 Å². The largest absolute Gasteiger partial charge is 0.480 e. The zero-order valence-electron chi connectivity index (χ0n) is 5.79. The van der Waals surface area contributed by atoms with Gasteiger partial charge in [0, 0.05) is 0 Å². The van der Waals surface area contributed by atoms with Gasteiger partial charge in [-0.1, -0.05) is 23.2 Å². The van der Waals surface area contributed by atoms with Gasteiger partial charge in [-0.2, -0.15) is 0 Å². The molecule has 0 unspecified atom stereocenters. The summed E-state index contributed by atoms with van der Waals surface area (Å²) < 4.78 is 4.79. The fourth-order valence-corrected chi connectivity index (χ4v) is 0.770. The molecule has 0 fully saturated rings. The number of nitrogens with zero attached hydrogens (tertiary/aromatic N) is 2. The number of hydrogen-bond acceptors (Lipinski definition) is 3. The van der Waals surface area contributed by atoms with Crippen molar-refractivity contribution >= 4 is 23.2 Å². The predicted octanol–water partition coefficient (Wildman–Crippen LogP) is 1.96. The van der Waals surface area contributed by atoms with Gasteiger partial charge in [0.25, 0.3) is 0 Å². The highest BCUT2D eigenvalue weighted by molar-refractivity contribution is 6.43. The van der Waals surface area contributed by atoms with Crippen LogP contribution in [0.25, 0.3) is 0 Å². The maximum atomic E-state index is 5.52. The van der Waals surface area contributed by atoms with Gasteiger partial charge in [0.15, 0.2) is 4.84 Å². The number of halogens is 2. The molecule has 0 spiro atoms. The van der Waals surface area contributed by atoms with Crippen LogP contribution in [0.2, 0.25) is 0 Å². The zero-order valence-corrected chi connectivity index (χ0v) is 7.30. The van der Waals surface area contributed by atoms with E-state index in [1.807, 2.05) is 0 Å². The third-order valence-electron chi connectivity index (χ3n) is 1.08. The minimum absolute atomic E-state index is 0.447. The van der Waals surface area contributed by atoms with Gasteiger partial charge in [0.2, 0.25) is 5.88 Å². The minimum Gasteiger partial charge on any atom is -0.480 e. The summed E-state index contributed by atoms with van der Waals surface area (Å²) in [6.45, 7) is 0. The normalized spacial score (nSPS) is 10.2. The number of aromatic nitrogens is 2. The van der Waals surface area contributed by atoms with Crippen LogP contribution in [0.15, 0.2) is 12.4 Å². The summed E-state index contributed by atoms with van der Waals surface area (Å²) in [5, 5.41) is 0. The Hall–Kier alpha value is -0.540. The number of rotatable bonds is 2. The fraction of sp³-hybridized carbons (Fsp3) is 0.333. The molecule has 0 aliphatic carbocycles. The van der Waals surface area contributed by atoms with Crippen LogP contribution < -0.4 is 4.74 Å². The van der Waals surface area contributed by atoms with E-state index in [2.05, 4.69) is 9.97 Å². The fourth-order valence-electron chi connectivity index (χ4n) is 0.544. The summed E-state index contributed by atoms with van der Waals surface area (Å²) in [6, 6.07) is 0. The quantitative estimate of drug-likeness (QED) is 0.673. The molecule has 0 aliphatic heterocycles. The maximum Gasteiger partial charge on any atom is 0.231 e. The Kier molecular flexibility index (Phi) is 2.91. The molecule has 0 aromatic carbocycles. The lowest BCUT2D eigenvalue weighted by Crippen LogP contribution is -1.92. The molecule has 0 amide bonds. The maximum absolute atomic E-state index is 5.52. The SMILES string of the molecule is COc1cnc(C(Cl)Cl)cn1. The lowest BCUT2D eigenvalue weighted by Gasteiger charge is -2.00. The van der Waals surface area contributed by atoms with Gasteiger partial charge in [0.05, 0.1) is 25.2 Å². The van der Waals surface area contributed by atoms with Crippen molar-refractivity contribution in [3.05, 3.63) is 18.1 Å². The molecule has 0 radical (unpaired) electrons. The van der Waals surface area contributed by atoms with Gasteiger partial charge in [-0.25, -0.2) is 4.98 Å². The van der Waals surface area contributed by atoms with Crippen molar-refractivity contribution in [1.82, 2.24) is 9.97 Å². The van der Waals surface area contributed by atoms with Crippen LogP contribution in [0, 0.1) is 0 Å². The molecule has 0 atom stereocenters. The second kappa shape index (κ2) is 3.74. The summed E-state index contributed by atoms with van der Waals surface area (Å²) in [7, 11) is 1.52. The van der Waals surface area contributed by atoms with Crippen LogP contribution in [0.3, 0.4) is 0 Å². The van der Waals surface area contributed by atoms with E-state index in [1.165, 1.54) is 19.5 Å². The van der Waals surface area contributed by atoms with Crippen molar-refractivity contribution in [2.45, 2.75) is 4.84 Å². The van der Waals surface area contributed by atoms with E-state index >= 15 is 0 Å². The van der Waals surface area contributed by atoms with Crippen LogP contribution in [0.1, 0.15) is 10.5 Å². The standard InChI is InChI=1S/C6H6Cl2N2O/c1-11-5-3-9-4(2-10-5)6(7)8/h2-3,6H,1H3. The minimum atomic E-state index is -0.631. The third kappa shape index (κ3) is 2.20. The molecule has 5 heteroatoms. The summed E-state index contributed by atoms with van der Waals surface area (Å²) >= 11 is 11.0. The third-order valence-corrected chi connectivity index (χ3v) is 1.53. The molecule has 60 valence electrons. The molecule has 3 nitrogen and oxygen atoms in total. The summed E-state index contributed by atoms with van der Waals surface area (Å²) in [6.07, 6.45) is 2.94. The molecule has 11 heavy (non-hydrogen) atoms. The monoisotopic (exact) mass is 192 g/mol. The molecule has 1 aromatic heterocycles. The predicted molar refractivity (Wildman–Crippen MR) is 43.0 cm³/mol. The first-order chi connectivity index (χ1) is 5.24. The first-order valence-electron chi connectivity index (χ1n) is 2.88. The van der Waals surface area contributed by atoms with Crippen LogP contribution >= 0.6 is 23.2 Å². The highest BCUT2D eigenvalue weighted by Crippen LogP contribution is 2.21. The van der Waals surface area contributed by atoms with Crippen LogP contribution in [0.4, 0.5) is 0 Å². The van der Waals surface area contributed by atoms with Gasteiger partial charge in [-0.05, 0) is 0 Å². The molecule has 0 saturated heterocycles. The van der Waals surface area contributed by atoms with Gasteiger partial charge in [0.1, 0.15) is 0 Å². The van der Waals surface area contributed by atoms with E-state index in [1.54, 1.807) is 0 Å². The van der Waals surface area contributed by atoms with Crippen LogP contribution in [-0.4, -0.2) is 17.1 Å². The average molecular weight is 193 g/mol. The van der Waals surface area contributed by atoms with Crippen LogP contribution in [0.5, 0.6) is 5.88 Å². The number of alkyl halides is 2. The lowest BCUT2D eigenvalue weighted by molar-refractivity contribution is 0.395. The topological polar surface area (TPSA) is 35.0 Å². The molecular weight excluding hydrogens is 187 g/mol. The summed E-state index contributed by atoms with van der Waals surface area (Å²) in [5.41, 5.74) is 0.522. The first-order valence-corrected chi connectivity index (χ1v) is 3.75. The first kappa shape index (κ1) is 8.56. The van der Waals surface area contributed by atoms with Gasteiger partial charge >= 0.3 is 0 Å². The van der Waals surface area contributed by atoms with E-state index in [4.69, 9.17) is 27.9 Å². The Labute approximate surface area is 74.3 Å². The van der Waals surface area contributed by atoms with E-state index < -0.39 is 4.84 Å². The molecule has 0 aliphatic rings. The van der Waals surface area contributed by atoms with Crippen molar-refractivity contribution in [3.8, 4) is 5.88 Å². The molecule has 0 saturated carbocycles. The van der Waals surface area contributed by atoms with Gasteiger partial charge < -0.3 is 4.74 Å². The molecular formula is C6H6Cl2N2O. The molecule has 0 N–H and O–H groups in total. The average Bonchev–Trinajstić information content (AvgIpc) is 2.05. The Morgan fingerprint density at radius 1 is 1.36 bits per heavy atom. The van der Waals surface area contributed by atoms with Crippen molar-refractivity contribution < 1.29 is 4.74 Å². The van der Waals surface area contributed by atoms with Crippen molar-refractivity contribution in [1.29, 1.82) is 0 Å². The number of hydrogen-bond donors (Lipinski definition) is 0. The summed E-state index contributed by atoms with van der Waals surface area (Å²) in [5.74, 6) is 0.447. The van der Waals surface area contributed by atoms with Gasteiger partial charge in [-0.3, -0.25) is 4.98 Å². The van der Waals surface area contributed by atoms with Crippen molar-refractivity contribution in [3.63, 3.8) is 0 Å². The van der Waals surface area contributed by atoms with E-state index in [0.29, 0.717) is 11.6 Å².